The highest BCUT2D eigenvalue weighted by Gasteiger charge is 1.90. The zero-order chi connectivity index (χ0) is 18.3. The van der Waals surface area contributed by atoms with Crippen molar-refractivity contribution in [3.05, 3.63) is 12.2 Å². The molecule has 0 aromatic rings. The van der Waals surface area contributed by atoms with E-state index in [0.717, 1.165) is 6.54 Å². The van der Waals surface area contributed by atoms with Gasteiger partial charge in [-0.05, 0) is 38.6 Å². The normalized spacial score (nSPS) is 10.4. The number of carboxylic acids is 1. The number of aliphatic carboxylic acids is 1. The Morgan fingerprint density at radius 3 is 1.54 bits per heavy atom. The first kappa shape index (κ1) is 25.1. The van der Waals surface area contributed by atoms with Crippen LogP contribution in [-0.4, -0.2) is 23.9 Å². The Morgan fingerprint density at radius 1 is 0.792 bits per heavy atom. The molecule has 142 valence electrons. The van der Waals surface area contributed by atoms with Crippen LogP contribution in [0.1, 0.15) is 96.8 Å². The second-order valence-electron chi connectivity index (χ2n) is 6.18. The monoisotopic (exact) mass is 341 g/mol. The molecule has 0 rings (SSSR count). The Bertz CT molecular complexity index is 291. The van der Waals surface area contributed by atoms with E-state index in [1.165, 1.54) is 89.9 Å². The maximum absolute atomic E-state index is 9.00. The lowest BCUT2D eigenvalue weighted by molar-refractivity contribution is -0.143. The van der Waals surface area contributed by atoms with Crippen molar-refractivity contribution in [2.24, 2.45) is 5.73 Å². The molecule has 0 heterocycles. The van der Waals surface area contributed by atoms with Gasteiger partial charge in [0.15, 0.2) is 0 Å². The number of aldehydes is 1. The Kier molecular flexibility index (Phi) is 25.2. The molecule has 0 amide bonds. The predicted molar refractivity (Wildman–Crippen MR) is 102 cm³/mol. The summed E-state index contributed by atoms with van der Waals surface area (Å²) in [7, 11) is 0. The largest absolute Gasteiger partial charge is 0.476 e. The van der Waals surface area contributed by atoms with E-state index in [-0.39, 0.29) is 6.29 Å². The van der Waals surface area contributed by atoms with Gasteiger partial charge in [0.05, 0.1) is 0 Å². The number of rotatable bonds is 16. The van der Waals surface area contributed by atoms with E-state index in [1.807, 2.05) is 0 Å². The lowest BCUT2D eigenvalue weighted by Crippen LogP contribution is -1.97. The molecule has 0 radical (unpaired) electrons. The molecule has 3 N–H and O–H groups in total. The molecule has 0 aliphatic heterocycles. The van der Waals surface area contributed by atoms with Crippen molar-refractivity contribution in [2.75, 3.05) is 6.54 Å². The SMILES string of the molecule is CCCCCCCC/C=C\CCCCCCCCN.O=CC(=O)O. The highest BCUT2D eigenvalue weighted by atomic mass is 16.4. The van der Waals surface area contributed by atoms with Crippen molar-refractivity contribution in [3.63, 3.8) is 0 Å². The molecule has 0 saturated carbocycles. The van der Waals surface area contributed by atoms with Gasteiger partial charge in [0.1, 0.15) is 0 Å². The number of carboxylic acid groups (broad SMARTS) is 1. The number of carbonyl (C=O) groups excluding carboxylic acids is 1. The predicted octanol–water partition coefficient (Wildman–Crippen LogP) is 5.25. The molecule has 0 unspecified atom stereocenters. The molecule has 0 saturated heterocycles. The van der Waals surface area contributed by atoms with Crippen molar-refractivity contribution >= 4 is 12.3 Å². The van der Waals surface area contributed by atoms with Crippen LogP contribution < -0.4 is 5.73 Å². The average Bonchev–Trinajstić information content (AvgIpc) is 2.59. The molecule has 0 bridgehead atoms. The fraction of sp³-hybridized carbons (Fsp3) is 0.800. The van der Waals surface area contributed by atoms with Crippen molar-refractivity contribution in [1.29, 1.82) is 0 Å². The van der Waals surface area contributed by atoms with Crippen LogP contribution in [-0.2, 0) is 9.59 Å². The van der Waals surface area contributed by atoms with E-state index in [0.29, 0.717) is 0 Å². The van der Waals surface area contributed by atoms with Crippen LogP contribution in [0.4, 0.5) is 0 Å². The molecule has 0 aliphatic rings. The van der Waals surface area contributed by atoms with E-state index in [4.69, 9.17) is 20.4 Å². The Morgan fingerprint density at radius 2 is 1.17 bits per heavy atom. The number of allylic oxidation sites excluding steroid dienone is 2. The summed E-state index contributed by atoms with van der Waals surface area (Å²) in [5, 5.41) is 7.35. The molecule has 0 fully saturated rings. The maximum Gasteiger partial charge on any atom is 0.368 e. The Balaban J connectivity index is 0. The number of nitrogens with two attached hydrogens (primary N) is 1. The average molecular weight is 342 g/mol. The van der Waals surface area contributed by atoms with Crippen molar-refractivity contribution in [3.8, 4) is 0 Å². The minimum atomic E-state index is -1.43. The van der Waals surface area contributed by atoms with E-state index in [1.54, 1.807) is 0 Å². The van der Waals surface area contributed by atoms with Crippen LogP contribution in [0.25, 0.3) is 0 Å². The minimum absolute atomic E-state index is 0.167. The van der Waals surface area contributed by atoms with Crippen molar-refractivity contribution in [1.82, 2.24) is 0 Å². The van der Waals surface area contributed by atoms with Crippen molar-refractivity contribution in [2.45, 2.75) is 96.8 Å². The van der Waals surface area contributed by atoms with Gasteiger partial charge in [-0.2, -0.15) is 0 Å². The lowest BCUT2D eigenvalue weighted by Gasteiger charge is -1.99. The second kappa shape index (κ2) is 24.1. The molecule has 0 spiro atoms. The van der Waals surface area contributed by atoms with Gasteiger partial charge < -0.3 is 10.8 Å². The van der Waals surface area contributed by atoms with Crippen LogP contribution in [0.3, 0.4) is 0 Å². The summed E-state index contributed by atoms with van der Waals surface area (Å²) >= 11 is 0. The summed E-state index contributed by atoms with van der Waals surface area (Å²) in [6.07, 6.45) is 23.7. The van der Waals surface area contributed by atoms with Gasteiger partial charge in [-0.25, -0.2) is 4.79 Å². The smallest absolute Gasteiger partial charge is 0.368 e. The van der Waals surface area contributed by atoms with Gasteiger partial charge in [-0.3, -0.25) is 4.79 Å². The van der Waals surface area contributed by atoms with Gasteiger partial charge in [0, 0.05) is 0 Å². The molecular weight excluding hydrogens is 302 g/mol. The van der Waals surface area contributed by atoms with Crippen LogP contribution >= 0.6 is 0 Å². The fourth-order valence-electron chi connectivity index (χ4n) is 2.39. The lowest BCUT2D eigenvalue weighted by atomic mass is 10.1. The Hall–Kier alpha value is -1.16. The minimum Gasteiger partial charge on any atom is -0.476 e. The van der Waals surface area contributed by atoms with Crippen molar-refractivity contribution < 1.29 is 14.7 Å². The third-order valence-electron chi connectivity index (χ3n) is 3.82. The van der Waals surface area contributed by atoms with Gasteiger partial charge >= 0.3 is 5.97 Å². The van der Waals surface area contributed by atoms with Crippen LogP contribution in [0, 0.1) is 0 Å². The molecule has 4 heteroatoms. The summed E-state index contributed by atoms with van der Waals surface area (Å²) in [5.41, 5.74) is 5.47. The quantitative estimate of drug-likeness (QED) is 0.174. The highest BCUT2D eigenvalue weighted by Crippen LogP contribution is 2.09. The molecule has 0 aromatic carbocycles. The first-order chi connectivity index (χ1) is 11.7. The first-order valence-electron chi connectivity index (χ1n) is 9.72. The standard InChI is InChI=1S/C18H37N.C2H2O3/c1-2-3-4-5-6-7-8-9-10-11-12-13-14-15-16-17-18-19;3-1-2(4)5/h9-10H,2-8,11-19H2,1H3;1H,(H,4,5)/b10-9-;. The number of unbranched alkanes of at least 4 members (excludes halogenated alkanes) is 12. The Labute approximate surface area is 148 Å². The number of hydrogen-bond acceptors (Lipinski definition) is 3. The number of carbonyl (C=O) groups is 2. The third-order valence-corrected chi connectivity index (χ3v) is 3.82. The summed E-state index contributed by atoms with van der Waals surface area (Å²) in [4.78, 5) is 17.9. The van der Waals surface area contributed by atoms with Crippen LogP contribution in [0.5, 0.6) is 0 Å². The number of hydrogen-bond donors (Lipinski definition) is 2. The molecule has 0 aliphatic carbocycles. The summed E-state index contributed by atoms with van der Waals surface area (Å²) < 4.78 is 0. The van der Waals surface area contributed by atoms with Gasteiger partial charge in [-0.1, -0.05) is 76.9 Å². The molecule has 4 nitrogen and oxygen atoms in total. The molecule has 0 aromatic heterocycles. The second-order valence-corrected chi connectivity index (χ2v) is 6.18. The molecule has 24 heavy (non-hydrogen) atoms. The third kappa shape index (κ3) is 28.9. The molecule has 0 atom stereocenters. The summed E-state index contributed by atoms with van der Waals surface area (Å²) in [6.45, 7) is 3.14. The van der Waals surface area contributed by atoms with E-state index in [9.17, 15) is 0 Å². The fourth-order valence-corrected chi connectivity index (χ4v) is 2.39. The summed E-state index contributed by atoms with van der Waals surface area (Å²) in [6, 6.07) is 0. The summed E-state index contributed by atoms with van der Waals surface area (Å²) in [5.74, 6) is -1.43. The zero-order valence-electron chi connectivity index (χ0n) is 15.7. The van der Waals surface area contributed by atoms with E-state index in [2.05, 4.69) is 19.1 Å². The van der Waals surface area contributed by atoms with Gasteiger partial charge in [0.25, 0.3) is 0 Å². The van der Waals surface area contributed by atoms with Crippen LogP contribution in [0.15, 0.2) is 12.2 Å². The maximum atomic E-state index is 9.00. The topological polar surface area (TPSA) is 80.4 Å². The highest BCUT2D eigenvalue weighted by molar-refractivity contribution is 6.19. The van der Waals surface area contributed by atoms with E-state index < -0.39 is 5.97 Å². The first-order valence-corrected chi connectivity index (χ1v) is 9.72. The van der Waals surface area contributed by atoms with Gasteiger partial charge in [0.2, 0.25) is 6.29 Å². The van der Waals surface area contributed by atoms with Crippen LogP contribution in [0.2, 0.25) is 0 Å². The molecular formula is C20H39NO3. The van der Waals surface area contributed by atoms with E-state index >= 15 is 0 Å². The van der Waals surface area contributed by atoms with Gasteiger partial charge in [-0.15, -0.1) is 0 Å². The zero-order valence-corrected chi connectivity index (χ0v) is 15.7.